The lowest BCUT2D eigenvalue weighted by Crippen LogP contribution is -2.16. The number of hydrogen-bond donors (Lipinski definition) is 2. The van der Waals surface area contributed by atoms with E-state index in [1.807, 2.05) is 0 Å². The van der Waals surface area contributed by atoms with Gasteiger partial charge in [0.2, 0.25) is 0 Å². The summed E-state index contributed by atoms with van der Waals surface area (Å²) in [6, 6.07) is 8.76. The van der Waals surface area contributed by atoms with Crippen LogP contribution in [0.25, 0.3) is 0 Å². The van der Waals surface area contributed by atoms with E-state index in [-0.39, 0.29) is 0 Å². The van der Waals surface area contributed by atoms with Crippen LogP contribution in [0, 0.1) is 0 Å². The van der Waals surface area contributed by atoms with Crippen molar-refractivity contribution < 1.29 is 5.11 Å². The van der Waals surface area contributed by atoms with Crippen LogP contribution in [0.2, 0.25) is 0 Å². The van der Waals surface area contributed by atoms with Crippen LogP contribution in [-0.2, 0) is 6.54 Å². The Kier molecular flexibility index (Phi) is 4.37. The van der Waals surface area contributed by atoms with E-state index in [4.69, 9.17) is 5.11 Å². The Bertz CT molecular complexity index is 320. The van der Waals surface area contributed by atoms with E-state index in [1.165, 1.54) is 24.0 Å². The summed E-state index contributed by atoms with van der Waals surface area (Å²) in [6.07, 6.45) is 4.68. The molecule has 0 aromatic heterocycles. The SMILES string of the molecule is OCCCCNCc1ccccc1C1CC1. The molecule has 2 N–H and O–H groups in total. The Morgan fingerprint density at radius 2 is 2.00 bits per heavy atom. The Balaban J connectivity index is 1.79. The quantitative estimate of drug-likeness (QED) is 0.690. The summed E-state index contributed by atoms with van der Waals surface area (Å²) in [5.41, 5.74) is 2.99. The third kappa shape index (κ3) is 3.32. The first-order valence-corrected chi connectivity index (χ1v) is 6.31. The molecule has 1 saturated carbocycles. The van der Waals surface area contributed by atoms with Gasteiger partial charge in [0.15, 0.2) is 0 Å². The second kappa shape index (κ2) is 6.02. The van der Waals surface area contributed by atoms with Gasteiger partial charge < -0.3 is 10.4 Å². The number of rotatable bonds is 7. The van der Waals surface area contributed by atoms with Crippen LogP contribution < -0.4 is 5.32 Å². The monoisotopic (exact) mass is 219 g/mol. The highest BCUT2D eigenvalue weighted by atomic mass is 16.2. The maximum absolute atomic E-state index is 8.68. The fourth-order valence-electron chi connectivity index (χ4n) is 2.07. The number of aliphatic hydroxyl groups excluding tert-OH is 1. The van der Waals surface area contributed by atoms with E-state index in [2.05, 4.69) is 29.6 Å². The minimum atomic E-state index is 0.306. The fraction of sp³-hybridized carbons (Fsp3) is 0.571. The maximum atomic E-state index is 8.68. The summed E-state index contributed by atoms with van der Waals surface area (Å²) >= 11 is 0. The molecule has 88 valence electrons. The van der Waals surface area contributed by atoms with Crippen LogP contribution in [0.4, 0.5) is 0 Å². The first kappa shape index (κ1) is 11.6. The molecular weight excluding hydrogens is 198 g/mol. The van der Waals surface area contributed by atoms with Gasteiger partial charge in [-0.2, -0.15) is 0 Å². The van der Waals surface area contributed by atoms with E-state index >= 15 is 0 Å². The average Bonchev–Trinajstić information content (AvgIpc) is 3.13. The molecule has 2 heteroatoms. The van der Waals surface area contributed by atoms with Gasteiger partial charge >= 0.3 is 0 Å². The molecule has 0 unspecified atom stereocenters. The molecule has 0 saturated heterocycles. The molecule has 2 nitrogen and oxygen atoms in total. The highest BCUT2D eigenvalue weighted by Gasteiger charge is 2.25. The summed E-state index contributed by atoms with van der Waals surface area (Å²) in [4.78, 5) is 0. The molecule has 0 bridgehead atoms. The predicted molar refractivity (Wildman–Crippen MR) is 66.4 cm³/mol. The third-order valence-corrected chi connectivity index (χ3v) is 3.15. The minimum Gasteiger partial charge on any atom is -0.396 e. The number of nitrogens with one attached hydrogen (secondary N) is 1. The van der Waals surface area contributed by atoms with Crippen LogP contribution in [0.3, 0.4) is 0 Å². The molecule has 0 atom stereocenters. The van der Waals surface area contributed by atoms with Crippen molar-refractivity contribution in [3.63, 3.8) is 0 Å². The number of unbranched alkanes of at least 4 members (excludes halogenated alkanes) is 1. The summed E-state index contributed by atoms with van der Waals surface area (Å²) in [5.74, 6) is 0.829. The second-order valence-electron chi connectivity index (χ2n) is 4.58. The summed E-state index contributed by atoms with van der Waals surface area (Å²) in [7, 11) is 0. The highest BCUT2D eigenvalue weighted by Crippen LogP contribution is 2.41. The molecule has 2 rings (SSSR count). The Morgan fingerprint density at radius 1 is 1.19 bits per heavy atom. The van der Waals surface area contributed by atoms with Crippen LogP contribution >= 0.6 is 0 Å². The van der Waals surface area contributed by atoms with Crippen molar-refractivity contribution >= 4 is 0 Å². The number of hydrogen-bond acceptors (Lipinski definition) is 2. The maximum Gasteiger partial charge on any atom is 0.0431 e. The molecule has 0 spiro atoms. The van der Waals surface area contributed by atoms with Crippen LogP contribution in [0.15, 0.2) is 24.3 Å². The first-order valence-electron chi connectivity index (χ1n) is 6.31. The van der Waals surface area contributed by atoms with Gasteiger partial charge in [-0.3, -0.25) is 0 Å². The molecule has 1 aromatic carbocycles. The highest BCUT2D eigenvalue weighted by molar-refractivity contribution is 5.33. The van der Waals surface area contributed by atoms with Crippen molar-refractivity contribution in [1.82, 2.24) is 5.32 Å². The Labute approximate surface area is 97.7 Å². The van der Waals surface area contributed by atoms with Gasteiger partial charge in [0, 0.05) is 13.2 Å². The third-order valence-electron chi connectivity index (χ3n) is 3.15. The van der Waals surface area contributed by atoms with Crippen molar-refractivity contribution in [3.8, 4) is 0 Å². The van der Waals surface area contributed by atoms with Gasteiger partial charge in [-0.05, 0) is 49.3 Å². The zero-order valence-electron chi connectivity index (χ0n) is 9.78. The molecule has 1 aliphatic rings. The zero-order chi connectivity index (χ0) is 11.2. The molecule has 1 aromatic rings. The lowest BCUT2D eigenvalue weighted by atomic mass is 10.0. The Morgan fingerprint density at radius 3 is 2.75 bits per heavy atom. The van der Waals surface area contributed by atoms with E-state index in [9.17, 15) is 0 Å². The van der Waals surface area contributed by atoms with E-state index in [1.54, 1.807) is 0 Å². The van der Waals surface area contributed by atoms with E-state index in [0.717, 1.165) is 31.8 Å². The van der Waals surface area contributed by atoms with Crippen molar-refractivity contribution in [2.45, 2.75) is 38.1 Å². The minimum absolute atomic E-state index is 0.306. The normalized spacial score (nSPS) is 15.3. The summed E-state index contributed by atoms with van der Waals surface area (Å²) < 4.78 is 0. The molecule has 0 heterocycles. The fourth-order valence-corrected chi connectivity index (χ4v) is 2.07. The van der Waals surface area contributed by atoms with E-state index < -0.39 is 0 Å². The smallest absolute Gasteiger partial charge is 0.0431 e. The second-order valence-corrected chi connectivity index (χ2v) is 4.58. The molecule has 0 amide bonds. The number of aliphatic hydroxyl groups is 1. The lowest BCUT2D eigenvalue weighted by molar-refractivity contribution is 0.283. The van der Waals surface area contributed by atoms with Crippen LogP contribution in [0.5, 0.6) is 0 Å². The van der Waals surface area contributed by atoms with Crippen molar-refractivity contribution in [3.05, 3.63) is 35.4 Å². The summed E-state index contributed by atoms with van der Waals surface area (Å²) in [5, 5.41) is 12.1. The van der Waals surface area contributed by atoms with Gasteiger partial charge in [-0.1, -0.05) is 24.3 Å². The molecular formula is C14H21NO. The molecule has 0 aliphatic heterocycles. The van der Waals surface area contributed by atoms with Gasteiger partial charge in [-0.25, -0.2) is 0 Å². The van der Waals surface area contributed by atoms with Gasteiger partial charge in [-0.15, -0.1) is 0 Å². The molecule has 16 heavy (non-hydrogen) atoms. The van der Waals surface area contributed by atoms with Gasteiger partial charge in [0.05, 0.1) is 0 Å². The van der Waals surface area contributed by atoms with Gasteiger partial charge in [0.25, 0.3) is 0 Å². The predicted octanol–water partition coefficient (Wildman–Crippen LogP) is 2.43. The molecule has 1 aliphatic carbocycles. The summed E-state index contributed by atoms with van der Waals surface area (Å²) in [6.45, 7) is 2.28. The van der Waals surface area contributed by atoms with Crippen LogP contribution in [-0.4, -0.2) is 18.3 Å². The topological polar surface area (TPSA) is 32.3 Å². The van der Waals surface area contributed by atoms with Gasteiger partial charge in [0.1, 0.15) is 0 Å². The van der Waals surface area contributed by atoms with Crippen molar-refractivity contribution in [1.29, 1.82) is 0 Å². The van der Waals surface area contributed by atoms with Crippen molar-refractivity contribution in [2.24, 2.45) is 0 Å². The molecule has 1 fully saturated rings. The van der Waals surface area contributed by atoms with E-state index in [0.29, 0.717) is 6.61 Å². The van der Waals surface area contributed by atoms with Crippen molar-refractivity contribution in [2.75, 3.05) is 13.2 Å². The Hall–Kier alpha value is -0.860. The zero-order valence-corrected chi connectivity index (χ0v) is 9.78. The lowest BCUT2D eigenvalue weighted by Gasteiger charge is -2.09. The number of benzene rings is 1. The standard InChI is InChI=1S/C14H21NO/c16-10-4-3-9-15-11-13-5-1-2-6-14(13)12-7-8-12/h1-2,5-6,12,15-16H,3-4,7-11H2. The van der Waals surface area contributed by atoms with Crippen LogP contribution in [0.1, 0.15) is 42.7 Å². The average molecular weight is 219 g/mol. The first-order chi connectivity index (χ1) is 7.92. The molecule has 0 radical (unpaired) electrons. The largest absolute Gasteiger partial charge is 0.396 e.